The van der Waals surface area contributed by atoms with E-state index in [9.17, 15) is 0 Å². The molecule has 0 saturated carbocycles. The molecule has 1 saturated heterocycles. The summed E-state index contributed by atoms with van der Waals surface area (Å²) in [5, 5.41) is 0. The molecule has 0 N–H and O–H groups in total. The average molecular weight is 267 g/mol. The molecular formula is C18H21NO. The lowest BCUT2D eigenvalue weighted by Gasteiger charge is -2.50. The highest BCUT2D eigenvalue weighted by atomic mass is 16.5. The summed E-state index contributed by atoms with van der Waals surface area (Å²) in [4.78, 5) is 2.51. The molecule has 1 heterocycles. The summed E-state index contributed by atoms with van der Waals surface area (Å²) in [6.07, 6.45) is 0.352. The van der Waals surface area contributed by atoms with Crippen molar-refractivity contribution >= 4 is 0 Å². The zero-order valence-corrected chi connectivity index (χ0v) is 12.1. The fourth-order valence-corrected chi connectivity index (χ4v) is 3.06. The highest BCUT2D eigenvalue weighted by molar-refractivity contribution is 5.32. The summed E-state index contributed by atoms with van der Waals surface area (Å²) in [5.74, 6) is 0. The minimum Gasteiger partial charge on any atom is -0.379 e. The van der Waals surface area contributed by atoms with Crippen molar-refractivity contribution in [3.63, 3.8) is 0 Å². The molecule has 1 fully saturated rings. The van der Waals surface area contributed by atoms with Gasteiger partial charge in [0.1, 0.15) is 0 Å². The van der Waals surface area contributed by atoms with Gasteiger partial charge >= 0.3 is 0 Å². The Morgan fingerprint density at radius 3 is 1.85 bits per heavy atom. The average Bonchev–Trinajstić information content (AvgIpc) is 2.52. The molecule has 104 valence electrons. The molecule has 0 aliphatic carbocycles. The Morgan fingerprint density at radius 1 is 0.950 bits per heavy atom. The lowest BCUT2D eigenvalue weighted by atomic mass is 9.90. The molecule has 2 heteroatoms. The van der Waals surface area contributed by atoms with Gasteiger partial charge in [-0.1, -0.05) is 60.7 Å². The molecular weight excluding hydrogens is 246 g/mol. The van der Waals surface area contributed by atoms with E-state index >= 15 is 0 Å². The van der Waals surface area contributed by atoms with Crippen molar-refractivity contribution in [2.24, 2.45) is 0 Å². The van der Waals surface area contributed by atoms with Gasteiger partial charge in [-0.05, 0) is 18.1 Å². The topological polar surface area (TPSA) is 12.5 Å². The van der Waals surface area contributed by atoms with Crippen LogP contribution in [0, 0.1) is 0 Å². The predicted octanol–water partition coefficient (Wildman–Crippen LogP) is 3.50. The van der Waals surface area contributed by atoms with E-state index in [0.29, 0.717) is 18.2 Å². The fraction of sp³-hybridized carbons (Fsp3) is 0.333. The van der Waals surface area contributed by atoms with Crippen molar-refractivity contribution in [3.05, 3.63) is 71.8 Å². The van der Waals surface area contributed by atoms with Gasteiger partial charge < -0.3 is 4.74 Å². The molecule has 3 rings (SSSR count). The Hall–Kier alpha value is -1.64. The van der Waals surface area contributed by atoms with E-state index < -0.39 is 0 Å². The SMILES string of the molecule is CO[C@H]1CN(C(c2ccccc2)c2ccccc2)C1C. The van der Waals surface area contributed by atoms with Gasteiger partial charge in [0.15, 0.2) is 0 Å². The predicted molar refractivity (Wildman–Crippen MR) is 81.7 cm³/mol. The molecule has 1 unspecified atom stereocenters. The van der Waals surface area contributed by atoms with Gasteiger partial charge in [-0.25, -0.2) is 0 Å². The van der Waals surface area contributed by atoms with Gasteiger partial charge in [-0.15, -0.1) is 0 Å². The van der Waals surface area contributed by atoms with Crippen LogP contribution in [0.2, 0.25) is 0 Å². The zero-order valence-electron chi connectivity index (χ0n) is 12.1. The number of hydrogen-bond acceptors (Lipinski definition) is 2. The normalized spacial score (nSPS) is 22.8. The standard InChI is InChI=1S/C18H21NO/c1-14-17(20-2)13-19(14)18(15-9-5-3-6-10-15)16-11-7-4-8-12-16/h3-12,14,17-18H,13H2,1-2H3/t14?,17-/m0/s1. The third-order valence-electron chi connectivity index (χ3n) is 4.32. The van der Waals surface area contributed by atoms with Crippen LogP contribution in [-0.2, 0) is 4.74 Å². The summed E-state index contributed by atoms with van der Waals surface area (Å²) in [5.41, 5.74) is 2.69. The van der Waals surface area contributed by atoms with Crippen LogP contribution in [0.1, 0.15) is 24.1 Å². The van der Waals surface area contributed by atoms with E-state index in [2.05, 4.69) is 72.5 Å². The second kappa shape index (κ2) is 5.78. The van der Waals surface area contributed by atoms with Gasteiger partial charge in [0.2, 0.25) is 0 Å². The molecule has 2 aromatic rings. The summed E-state index contributed by atoms with van der Waals surface area (Å²) in [6.45, 7) is 3.24. The number of rotatable bonds is 4. The number of methoxy groups -OCH3 is 1. The molecule has 0 aromatic heterocycles. The molecule has 2 atom stereocenters. The second-order valence-electron chi connectivity index (χ2n) is 5.44. The molecule has 0 amide bonds. The van der Waals surface area contributed by atoms with Crippen LogP contribution in [-0.4, -0.2) is 30.7 Å². The Kier molecular flexibility index (Phi) is 3.86. The Bertz CT molecular complexity index is 500. The quantitative estimate of drug-likeness (QED) is 0.840. The number of likely N-dealkylation sites (tertiary alicyclic amines) is 1. The number of hydrogen-bond donors (Lipinski definition) is 0. The summed E-state index contributed by atoms with van der Waals surface area (Å²) in [7, 11) is 1.80. The minimum absolute atomic E-state index is 0.318. The first-order valence-corrected chi connectivity index (χ1v) is 7.19. The first-order chi connectivity index (χ1) is 9.81. The number of benzene rings is 2. The summed E-state index contributed by atoms with van der Waals surface area (Å²) >= 11 is 0. The Morgan fingerprint density at radius 2 is 1.45 bits per heavy atom. The second-order valence-corrected chi connectivity index (χ2v) is 5.44. The third-order valence-corrected chi connectivity index (χ3v) is 4.32. The number of nitrogens with zero attached hydrogens (tertiary/aromatic N) is 1. The van der Waals surface area contributed by atoms with Crippen molar-refractivity contribution in [3.8, 4) is 0 Å². The molecule has 1 aliphatic heterocycles. The van der Waals surface area contributed by atoms with E-state index in [1.807, 2.05) is 0 Å². The molecule has 0 bridgehead atoms. The van der Waals surface area contributed by atoms with Gasteiger partial charge in [0.25, 0.3) is 0 Å². The highest BCUT2D eigenvalue weighted by Gasteiger charge is 2.40. The molecule has 0 radical (unpaired) electrons. The highest BCUT2D eigenvalue weighted by Crippen LogP contribution is 2.36. The fourth-order valence-electron chi connectivity index (χ4n) is 3.06. The monoisotopic (exact) mass is 267 g/mol. The van der Waals surface area contributed by atoms with Crippen LogP contribution >= 0.6 is 0 Å². The third kappa shape index (κ3) is 2.37. The van der Waals surface area contributed by atoms with Crippen molar-refractivity contribution in [2.75, 3.05) is 13.7 Å². The summed E-state index contributed by atoms with van der Waals surface area (Å²) in [6, 6.07) is 22.2. The maximum atomic E-state index is 5.51. The van der Waals surface area contributed by atoms with Crippen LogP contribution in [0.15, 0.2) is 60.7 Å². The van der Waals surface area contributed by atoms with Crippen LogP contribution in [0.25, 0.3) is 0 Å². The Labute approximate surface area is 121 Å². The lowest BCUT2D eigenvalue weighted by Crippen LogP contribution is -2.60. The first-order valence-electron chi connectivity index (χ1n) is 7.19. The molecule has 2 nitrogen and oxygen atoms in total. The van der Waals surface area contributed by atoms with Crippen molar-refractivity contribution < 1.29 is 4.74 Å². The van der Waals surface area contributed by atoms with Crippen LogP contribution in [0.5, 0.6) is 0 Å². The first kappa shape index (κ1) is 13.3. The van der Waals surface area contributed by atoms with Gasteiger partial charge in [-0.2, -0.15) is 0 Å². The maximum Gasteiger partial charge on any atom is 0.0851 e. The van der Waals surface area contributed by atoms with Crippen LogP contribution in [0.4, 0.5) is 0 Å². The van der Waals surface area contributed by atoms with E-state index in [1.54, 1.807) is 7.11 Å². The van der Waals surface area contributed by atoms with Gasteiger partial charge in [0, 0.05) is 19.7 Å². The largest absolute Gasteiger partial charge is 0.379 e. The Balaban J connectivity index is 1.94. The van der Waals surface area contributed by atoms with Crippen molar-refractivity contribution in [2.45, 2.75) is 25.1 Å². The molecule has 2 aromatic carbocycles. The maximum absolute atomic E-state index is 5.51. The van der Waals surface area contributed by atoms with E-state index in [4.69, 9.17) is 4.74 Å². The molecule has 20 heavy (non-hydrogen) atoms. The minimum atomic E-state index is 0.318. The molecule has 1 aliphatic rings. The van der Waals surface area contributed by atoms with Crippen LogP contribution in [0.3, 0.4) is 0 Å². The summed E-state index contributed by atoms with van der Waals surface area (Å²) < 4.78 is 5.51. The van der Waals surface area contributed by atoms with E-state index in [-0.39, 0.29) is 0 Å². The lowest BCUT2D eigenvalue weighted by molar-refractivity contribution is -0.0912. The van der Waals surface area contributed by atoms with E-state index in [1.165, 1.54) is 11.1 Å². The van der Waals surface area contributed by atoms with Crippen molar-refractivity contribution in [1.29, 1.82) is 0 Å². The van der Waals surface area contributed by atoms with Crippen molar-refractivity contribution in [1.82, 2.24) is 4.90 Å². The molecule has 0 spiro atoms. The smallest absolute Gasteiger partial charge is 0.0851 e. The van der Waals surface area contributed by atoms with Gasteiger partial charge in [-0.3, -0.25) is 4.90 Å². The van der Waals surface area contributed by atoms with Gasteiger partial charge in [0.05, 0.1) is 12.1 Å². The zero-order chi connectivity index (χ0) is 13.9. The van der Waals surface area contributed by atoms with Crippen LogP contribution < -0.4 is 0 Å². The number of ether oxygens (including phenoxy) is 1. The van der Waals surface area contributed by atoms with E-state index in [0.717, 1.165) is 6.54 Å².